The Morgan fingerprint density at radius 1 is 1.35 bits per heavy atom. The molecule has 0 spiro atoms. The maximum Gasteiger partial charge on any atom is 0.227 e. The molecule has 0 bridgehead atoms. The Kier molecular flexibility index (Phi) is 4.50. The summed E-state index contributed by atoms with van der Waals surface area (Å²) in [5.74, 6) is 1.58. The highest BCUT2D eigenvalue weighted by Crippen LogP contribution is 2.20. The number of likely N-dealkylation sites (N-methyl/N-ethyl adjacent to an activating group) is 1. The second kappa shape index (κ2) is 6.12. The van der Waals surface area contributed by atoms with Crippen molar-refractivity contribution in [3.05, 3.63) is 11.7 Å². The molecule has 2 rings (SSSR count). The van der Waals surface area contributed by atoms with Gasteiger partial charge in [0.2, 0.25) is 5.89 Å². The van der Waals surface area contributed by atoms with Crippen molar-refractivity contribution in [3.63, 3.8) is 0 Å². The molecule has 1 unspecified atom stereocenters. The fraction of sp³-hybridized carbons (Fsp3) is 0.833. The first-order valence-corrected chi connectivity index (χ1v) is 6.46. The lowest BCUT2D eigenvalue weighted by molar-refractivity contribution is 0.338. The minimum atomic E-state index is 0.286. The first kappa shape index (κ1) is 12.5. The van der Waals surface area contributed by atoms with Gasteiger partial charge in [-0.3, -0.25) is 0 Å². The van der Waals surface area contributed by atoms with Crippen LogP contribution in [-0.2, 0) is 6.42 Å². The first-order chi connectivity index (χ1) is 8.25. The van der Waals surface area contributed by atoms with Crippen LogP contribution >= 0.6 is 0 Å². The van der Waals surface area contributed by atoms with Gasteiger partial charge in [-0.1, -0.05) is 18.0 Å². The van der Waals surface area contributed by atoms with E-state index >= 15 is 0 Å². The average Bonchev–Trinajstić information content (AvgIpc) is 2.60. The van der Waals surface area contributed by atoms with Gasteiger partial charge in [-0.25, -0.2) is 0 Å². The summed E-state index contributed by atoms with van der Waals surface area (Å²) in [6.45, 7) is 2.01. The fourth-order valence-corrected chi connectivity index (χ4v) is 2.08. The predicted octanol–water partition coefficient (Wildman–Crippen LogP) is 1.38. The van der Waals surface area contributed by atoms with Crippen LogP contribution in [0.25, 0.3) is 0 Å². The normalized spacial score (nSPS) is 21.7. The second-order valence-electron chi connectivity index (χ2n) is 4.96. The van der Waals surface area contributed by atoms with E-state index in [-0.39, 0.29) is 6.04 Å². The summed E-state index contributed by atoms with van der Waals surface area (Å²) in [5, 5.41) is 7.57. The Hall–Kier alpha value is -0.940. The SMILES string of the molecule is CN(C)CCc1nc(C2CCCCCN2)no1. The van der Waals surface area contributed by atoms with Gasteiger partial charge in [0.05, 0.1) is 6.04 Å². The predicted molar refractivity (Wildman–Crippen MR) is 65.8 cm³/mol. The van der Waals surface area contributed by atoms with Gasteiger partial charge in [0.25, 0.3) is 0 Å². The summed E-state index contributed by atoms with van der Waals surface area (Å²) in [6.07, 6.45) is 5.75. The molecular formula is C12H22N4O. The number of nitrogens with zero attached hydrogens (tertiary/aromatic N) is 3. The quantitative estimate of drug-likeness (QED) is 0.858. The maximum atomic E-state index is 5.28. The third-order valence-electron chi connectivity index (χ3n) is 3.13. The number of nitrogens with one attached hydrogen (secondary N) is 1. The second-order valence-corrected chi connectivity index (χ2v) is 4.96. The van der Waals surface area contributed by atoms with Crippen LogP contribution in [0.5, 0.6) is 0 Å². The Bertz CT molecular complexity index is 329. The van der Waals surface area contributed by atoms with E-state index in [2.05, 4.69) is 20.4 Å². The maximum absolute atomic E-state index is 5.28. The lowest BCUT2D eigenvalue weighted by Gasteiger charge is -2.10. The molecule has 5 heteroatoms. The molecule has 0 radical (unpaired) electrons. The molecule has 1 aromatic heterocycles. The van der Waals surface area contributed by atoms with E-state index < -0.39 is 0 Å². The van der Waals surface area contributed by atoms with E-state index in [0.717, 1.165) is 37.6 Å². The Morgan fingerprint density at radius 2 is 2.24 bits per heavy atom. The highest BCUT2D eigenvalue weighted by atomic mass is 16.5. The molecule has 0 aromatic carbocycles. The molecule has 1 N–H and O–H groups in total. The van der Waals surface area contributed by atoms with Crippen LogP contribution in [0.2, 0.25) is 0 Å². The molecular weight excluding hydrogens is 216 g/mol. The Morgan fingerprint density at radius 3 is 3.06 bits per heavy atom. The number of rotatable bonds is 4. The zero-order valence-electron chi connectivity index (χ0n) is 10.8. The van der Waals surface area contributed by atoms with Crippen LogP contribution in [0.15, 0.2) is 4.52 Å². The van der Waals surface area contributed by atoms with Crippen molar-refractivity contribution < 1.29 is 4.52 Å². The minimum absolute atomic E-state index is 0.286. The van der Waals surface area contributed by atoms with Gasteiger partial charge in [0, 0.05) is 13.0 Å². The third-order valence-corrected chi connectivity index (χ3v) is 3.13. The molecule has 1 aliphatic heterocycles. The molecule has 0 amide bonds. The molecule has 17 heavy (non-hydrogen) atoms. The smallest absolute Gasteiger partial charge is 0.227 e. The molecule has 5 nitrogen and oxygen atoms in total. The molecule has 2 heterocycles. The topological polar surface area (TPSA) is 54.2 Å². The molecule has 96 valence electrons. The summed E-state index contributed by atoms with van der Waals surface area (Å²) in [5.41, 5.74) is 0. The van der Waals surface area contributed by atoms with Gasteiger partial charge in [-0.15, -0.1) is 0 Å². The van der Waals surface area contributed by atoms with E-state index in [1.54, 1.807) is 0 Å². The summed E-state index contributed by atoms with van der Waals surface area (Å²) in [4.78, 5) is 6.60. The highest BCUT2D eigenvalue weighted by Gasteiger charge is 2.19. The summed E-state index contributed by atoms with van der Waals surface area (Å²) in [7, 11) is 4.09. The van der Waals surface area contributed by atoms with Crippen molar-refractivity contribution in [2.24, 2.45) is 0 Å². The van der Waals surface area contributed by atoms with Crippen LogP contribution in [0.4, 0.5) is 0 Å². The van der Waals surface area contributed by atoms with E-state index in [1.165, 1.54) is 19.3 Å². The molecule has 0 saturated carbocycles. The molecule has 1 aliphatic rings. The summed E-state index contributed by atoms with van der Waals surface area (Å²) < 4.78 is 5.28. The average molecular weight is 238 g/mol. The van der Waals surface area contributed by atoms with Gasteiger partial charge < -0.3 is 14.7 Å². The van der Waals surface area contributed by atoms with Crippen molar-refractivity contribution in [2.45, 2.75) is 38.1 Å². The molecule has 0 aliphatic carbocycles. The van der Waals surface area contributed by atoms with Gasteiger partial charge in [-0.2, -0.15) is 4.98 Å². The van der Waals surface area contributed by atoms with Crippen LogP contribution in [-0.4, -0.2) is 42.2 Å². The van der Waals surface area contributed by atoms with E-state index in [4.69, 9.17) is 4.52 Å². The summed E-state index contributed by atoms with van der Waals surface area (Å²) >= 11 is 0. The highest BCUT2D eigenvalue weighted by molar-refractivity contribution is 4.95. The summed E-state index contributed by atoms with van der Waals surface area (Å²) in [6, 6.07) is 0.286. The first-order valence-electron chi connectivity index (χ1n) is 6.46. The van der Waals surface area contributed by atoms with Gasteiger partial charge in [0.1, 0.15) is 0 Å². The van der Waals surface area contributed by atoms with Crippen LogP contribution in [0.1, 0.15) is 43.4 Å². The standard InChI is InChI=1S/C12H22N4O/c1-16(2)9-7-11-14-12(15-17-11)10-6-4-3-5-8-13-10/h10,13H,3-9H2,1-2H3. The van der Waals surface area contributed by atoms with Crippen molar-refractivity contribution >= 4 is 0 Å². The van der Waals surface area contributed by atoms with Gasteiger partial charge in [-0.05, 0) is 33.5 Å². The van der Waals surface area contributed by atoms with E-state index in [9.17, 15) is 0 Å². The van der Waals surface area contributed by atoms with Gasteiger partial charge >= 0.3 is 0 Å². The van der Waals surface area contributed by atoms with Crippen molar-refractivity contribution in [3.8, 4) is 0 Å². The largest absolute Gasteiger partial charge is 0.339 e. The van der Waals surface area contributed by atoms with Crippen molar-refractivity contribution in [1.82, 2.24) is 20.4 Å². The lowest BCUT2D eigenvalue weighted by atomic mass is 10.1. The Labute approximate surface area is 103 Å². The monoisotopic (exact) mass is 238 g/mol. The number of aromatic nitrogens is 2. The zero-order chi connectivity index (χ0) is 12.1. The molecule has 1 aromatic rings. The third kappa shape index (κ3) is 3.78. The molecule has 1 fully saturated rings. The van der Waals surface area contributed by atoms with Crippen LogP contribution in [0.3, 0.4) is 0 Å². The van der Waals surface area contributed by atoms with Crippen molar-refractivity contribution in [2.75, 3.05) is 27.2 Å². The zero-order valence-corrected chi connectivity index (χ0v) is 10.8. The number of hydrogen-bond donors (Lipinski definition) is 1. The van der Waals surface area contributed by atoms with Gasteiger partial charge in [0.15, 0.2) is 5.82 Å². The lowest BCUT2D eigenvalue weighted by Crippen LogP contribution is -2.21. The van der Waals surface area contributed by atoms with E-state index in [0.29, 0.717) is 0 Å². The van der Waals surface area contributed by atoms with Crippen LogP contribution in [0, 0.1) is 0 Å². The molecule has 1 saturated heterocycles. The minimum Gasteiger partial charge on any atom is -0.339 e. The number of hydrogen-bond acceptors (Lipinski definition) is 5. The van der Waals surface area contributed by atoms with E-state index in [1.807, 2.05) is 14.1 Å². The van der Waals surface area contributed by atoms with Crippen LogP contribution < -0.4 is 5.32 Å². The molecule has 1 atom stereocenters. The Balaban J connectivity index is 1.92. The fourth-order valence-electron chi connectivity index (χ4n) is 2.08. The van der Waals surface area contributed by atoms with Crippen molar-refractivity contribution in [1.29, 1.82) is 0 Å².